The van der Waals surface area contributed by atoms with Crippen molar-refractivity contribution in [1.82, 2.24) is 15.2 Å². The summed E-state index contributed by atoms with van der Waals surface area (Å²) in [5.74, 6) is 0.930. The summed E-state index contributed by atoms with van der Waals surface area (Å²) in [4.78, 5) is 31.3. The van der Waals surface area contributed by atoms with E-state index in [9.17, 15) is 9.59 Å². The third-order valence-electron chi connectivity index (χ3n) is 5.56. The van der Waals surface area contributed by atoms with Crippen molar-refractivity contribution in [3.8, 4) is 0 Å². The number of carbonyl (C=O) groups excluding carboxylic acids is 2. The maximum atomic E-state index is 12.8. The number of rotatable bonds is 5. The van der Waals surface area contributed by atoms with E-state index < -0.39 is 0 Å². The van der Waals surface area contributed by atoms with Crippen LogP contribution in [0.4, 0.5) is 0 Å². The first kappa shape index (κ1) is 19.1. The Labute approximate surface area is 170 Å². The summed E-state index contributed by atoms with van der Waals surface area (Å²) in [6.45, 7) is 6.12. The summed E-state index contributed by atoms with van der Waals surface area (Å²) in [5, 5.41) is 6.16. The fourth-order valence-electron chi connectivity index (χ4n) is 3.87. The number of nitrogens with zero attached hydrogens (tertiary/aromatic N) is 2. The van der Waals surface area contributed by atoms with Crippen molar-refractivity contribution in [3.05, 3.63) is 51.0 Å². The Balaban J connectivity index is 1.31. The van der Waals surface area contributed by atoms with Crippen molar-refractivity contribution in [2.45, 2.75) is 52.0 Å². The highest BCUT2D eigenvalue weighted by atomic mass is 32.1. The molecule has 1 saturated carbocycles. The molecule has 0 atom stereocenters. The number of amides is 2. The lowest BCUT2D eigenvalue weighted by atomic mass is 9.96. The lowest BCUT2D eigenvalue weighted by Crippen LogP contribution is -2.38. The Bertz CT molecular complexity index is 859. The average molecular weight is 398 g/mol. The number of benzene rings is 1. The Morgan fingerprint density at radius 3 is 2.43 bits per heavy atom. The number of nitrogens with one attached hydrogen (secondary N) is 1. The minimum atomic E-state index is 0.132. The SMILES string of the molecule is Cc1cc(C)cc(C(=O)N2CCC(c3nc(CNC(=O)C4CC4)cs3)CC2)c1. The molecule has 4 rings (SSSR count). The predicted molar refractivity (Wildman–Crippen MR) is 110 cm³/mol. The number of thiazole rings is 1. The molecule has 1 aromatic carbocycles. The van der Waals surface area contributed by atoms with E-state index in [0.717, 1.165) is 66.2 Å². The summed E-state index contributed by atoms with van der Waals surface area (Å²) in [6, 6.07) is 6.05. The molecule has 2 amide bonds. The van der Waals surface area contributed by atoms with Gasteiger partial charge in [-0.3, -0.25) is 9.59 Å². The van der Waals surface area contributed by atoms with Crippen LogP contribution in [0.2, 0.25) is 0 Å². The highest BCUT2D eigenvalue weighted by Gasteiger charge is 2.30. The lowest BCUT2D eigenvalue weighted by molar-refractivity contribution is -0.122. The number of piperidine rings is 1. The molecule has 5 nitrogen and oxygen atoms in total. The molecule has 0 spiro atoms. The second kappa shape index (κ2) is 8.03. The fourth-order valence-corrected chi connectivity index (χ4v) is 4.86. The van der Waals surface area contributed by atoms with E-state index in [1.165, 1.54) is 0 Å². The average Bonchev–Trinajstić information content (AvgIpc) is 3.43. The van der Waals surface area contributed by atoms with Gasteiger partial charge < -0.3 is 10.2 Å². The van der Waals surface area contributed by atoms with Gasteiger partial charge in [-0.25, -0.2) is 4.98 Å². The highest BCUT2D eigenvalue weighted by Crippen LogP contribution is 2.31. The van der Waals surface area contributed by atoms with Crippen LogP contribution in [0.25, 0.3) is 0 Å². The molecular formula is C22H27N3O2S. The standard InChI is InChI=1S/C22H27N3O2S/c1-14-9-15(2)11-18(10-14)22(27)25-7-5-17(6-8-25)21-24-19(13-28-21)12-23-20(26)16-3-4-16/h9-11,13,16-17H,3-8,12H2,1-2H3,(H,23,26). The monoisotopic (exact) mass is 397 g/mol. The van der Waals surface area contributed by atoms with Gasteiger partial charge in [0, 0.05) is 35.9 Å². The van der Waals surface area contributed by atoms with Crippen LogP contribution in [-0.2, 0) is 11.3 Å². The number of carbonyl (C=O) groups is 2. The molecule has 2 aromatic rings. The third kappa shape index (κ3) is 4.43. The third-order valence-corrected chi connectivity index (χ3v) is 6.62. The molecule has 148 valence electrons. The second-order valence-corrected chi connectivity index (χ2v) is 9.00. The molecule has 0 radical (unpaired) electrons. The number of aryl methyl sites for hydroxylation is 2. The van der Waals surface area contributed by atoms with Gasteiger partial charge in [-0.1, -0.05) is 17.2 Å². The number of hydrogen-bond acceptors (Lipinski definition) is 4. The van der Waals surface area contributed by atoms with Crippen LogP contribution in [0.1, 0.15) is 63.8 Å². The van der Waals surface area contributed by atoms with Crippen molar-refractivity contribution < 1.29 is 9.59 Å². The molecule has 6 heteroatoms. The van der Waals surface area contributed by atoms with Crippen molar-refractivity contribution in [1.29, 1.82) is 0 Å². The molecule has 0 unspecified atom stereocenters. The molecule has 1 N–H and O–H groups in total. The van der Waals surface area contributed by atoms with E-state index in [-0.39, 0.29) is 17.7 Å². The molecule has 2 fully saturated rings. The van der Waals surface area contributed by atoms with Gasteiger partial charge in [-0.2, -0.15) is 0 Å². The molecular weight excluding hydrogens is 370 g/mol. The summed E-state index contributed by atoms with van der Waals surface area (Å²) in [7, 11) is 0. The van der Waals surface area contributed by atoms with E-state index in [0.29, 0.717) is 12.5 Å². The minimum Gasteiger partial charge on any atom is -0.350 e. The zero-order chi connectivity index (χ0) is 19.7. The second-order valence-electron chi connectivity index (χ2n) is 8.11. The summed E-state index contributed by atoms with van der Waals surface area (Å²) in [6.07, 6.45) is 3.93. The first-order chi connectivity index (χ1) is 13.5. The first-order valence-corrected chi connectivity index (χ1v) is 11.0. The van der Waals surface area contributed by atoms with Gasteiger partial charge in [-0.05, 0) is 51.7 Å². The van der Waals surface area contributed by atoms with Gasteiger partial charge in [0.05, 0.1) is 17.2 Å². The van der Waals surface area contributed by atoms with Crippen molar-refractivity contribution in [2.75, 3.05) is 13.1 Å². The Morgan fingerprint density at radius 2 is 1.79 bits per heavy atom. The van der Waals surface area contributed by atoms with Crippen LogP contribution in [-0.4, -0.2) is 34.8 Å². The van der Waals surface area contributed by atoms with E-state index in [1.807, 2.05) is 30.9 Å². The van der Waals surface area contributed by atoms with Crippen LogP contribution < -0.4 is 5.32 Å². The van der Waals surface area contributed by atoms with E-state index in [2.05, 4.69) is 16.8 Å². The Hall–Kier alpha value is -2.21. The zero-order valence-electron chi connectivity index (χ0n) is 16.5. The molecule has 28 heavy (non-hydrogen) atoms. The van der Waals surface area contributed by atoms with Crippen molar-refractivity contribution in [3.63, 3.8) is 0 Å². The molecule has 2 heterocycles. The van der Waals surface area contributed by atoms with Gasteiger partial charge in [0.2, 0.25) is 5.91 Å². The fraction of sp³-hybridized carbons (Fsp3) is 0.500. The summed E-state index contributed by atoms with van der Waals surface area (Å²) < 4.78 is 0. The van der Waals surface area contributed by atoms with Crippen molar-refractivity contribution >= 4 is 23.2 Å². The van der Waals surface area contributed by atoms with Crippen LogP contribution >= 0.6 is 11.3 Å². The number of hydrogen-bond donors (Lipinski definition) is 1. The molecule has 1 saturated heterocycles. The van der Waals surface area contributed by atoms with Gasteiger partial charge in [0.15, 0.2) is 0 Å². The van der Waals surface area contributed by atoms with Crippen molar-refractivity contribution in [2.24, 2.45) is 5.92 Å². The topological polar surface area (TPSA) is 62.3 Å². The smallest absolute Gasteiger partial charge is 0.253 e. The van der Waals surface area contributed by atoms with Gasteiger partial charge >= 0.3 is 0 Å². The Kier molecular flexibility index (Phi) is 5.49. The molecule has 1 aliphatic carbocycles. The number of likely N-dealkylation sites (tertiary alicyclic amines) is 1. The zero-order valence-corrected chi connectivity index (χ0v) is 17.3. The molecule has 2 aliphatic rings. The lowest BCUT2D eigenvalue weighted by Gasteiger charge is -2.31. The molecule has 1 aromatic heterocycles. The molecule has 1 aliphatic heterocycles. The maximum Gasteiger partial charge on any atom is 0.253 e. The van der Waals surface area contributed by atoms with E-state index in [4.69, 9.17) is 4.98 Å². The number of aromatic nitrogens is 1. The van der Waals surface area contributed by atoms with Crippen LogP contribution in [0.3, 0.4) is 0 Å². The van der Waals surface area contributed by atoms with E-state index in [1.54, 1.807) is 11.3 Å². The Morgan fingerprint density at radius 1 is 1.11 bits per heavy atom. The summed E-state index contributed by atoms with van der Waals surface area (Å²) >= 11 is 1.68. The van der Waals surface area contributed by atoms with Crippen LogP contribution in [0, 0.1) is 19.8 Å². The first-order valence-electron chi connectivity index (χ1n) is 10.1. The highest BCUT2D eigenvalue weighted by molar-refractivity contribution is 7.09. The normalized spacial score (nSPS) is 17.6. The maximum absolute atomic E-state index is 12.8. The largest absolute Gasteiger partial charge is 0.350 e. The van der Waals surface area contributed by atoms with Crippen LogP contribution in [0.15, 0.2) is 23.6 Å². The quantitative estimate of drug-likeness (QED) is 0.835. The van der Waals surface area contributed by atoms with Gasteiger partial charge in [0.1, 0.15) is 0 Å². The van der Waals surface area contributed by atoms with Gasteiger partial charge in [-0.15, -0.1) is 11.3 Å². The van der Waals surface area contributed by atoms with Gasteiger partial charge in [0.25, 0.3) is 5.91 Å². The molecule has 0 bridgehead atoms. The minimum absolute atomic E-state index is 0.132. The summed E-state index contributed by atoms with van der Waals surface area (Å²) in [5.41, 5.74) is 3.99. The van der Waals surface area contributed by atoms with E-state index >= 15 is 0 Å². The van der Waals surface area contributed by atoms with Crippen LogP contribution in [0.5, 0.6) is 0 Å². The predicted octanol–water partition coefficient (Wildman–Crippen LogP) is 3.81.